The molecule has 1 aliphatic rings. The maximum absolute atomic E-state index is 13.3. The molecule has 0 amide bonds. The predicted molar refractivity (Wildman–Crippen MR) is 108 cm³/mol. The summed E-state index contributed by atoms with van der Waals surface area (Å²) in [5.74, 6) is 0.522. The van der Waals surface area contributed by atoms with Gasteiger partial charge in [0.25, 0.3) is 0 Å². The number of carbonyl (C=O) groups excluding carboxylic acids is 1. The lowest BCUT2D eigenvalue weighted by Gasteiger charge is -2.32. The van der Waals surface area contributed by atoms with Crippen LogP contribution in [0.3, 0.4) is 0 Å². The van der Waals surface area contributed by atoms with Crippen LogP contribution in [0.1, 0.15) is 46.6 Å². The van der Waals surface area contributed by atoms with Crippen LogP contribution >= 0.6 is 0 Å². The summed E-state index contributed by atoms with van der Waals surface area (Å²) in [7, 11) is 0. The number of aromatic amines is 1. The van der Waals surface area contributed by atoms with E-state index in [2.05, 4.69) is 18.8 Å². The van der Waals surface area contributed by atoms with Crippen LogP contribution in [0.4, 0.5) is 5.69 Å². The van der Waals surface area contributed by atoms with E-state index in [9.17, 15) is 9.90 Å². The van der Waals surface area contributed by atoms with Crippen LogP contribution in [0, 0.1) is 6.92 Å². The minimum absolute atomic E-state index is 0.0141. The number of aliphatic hydroxyl groups is 2. The first-order valence-electron chi connectivity index (χ1n) is 9.28. The molecule has 0 saturated heterocycles. The number of anilines is 1. The number of aryl methyl sites for hydroxylation is 1. The second-order valence-electron chi connectivity index (χ2n) is 7.89. The summed E-state index contributed by atoms with van der Waals surface area (Å²) in [6.45, 7) is 5.70. The molecule has 0 spiro atoms. The minimum atomic E-state index is -0.945. The highest BCUT2D eigenvalue weighted by Gasteiger charge is 2.40. The van der Waals surface area contributed by atoms with Crippen molar-refractivity contribution in [1.29, 1.82) is 0 Å². The Balaban J connectivity index is 1.86. The maximum atomic E-state index is 13.3. The van der Waals surface area contributed by atoms with Crippen LogP contribution in [0.5, 0.6) is 5.75 Å². The number of nitrogens with two attached hydrogens (primary N) is 1. The molecule has 4 rings (SSSR count). The molecule has 0 bridgehead atoms. The molecule has 0 saturated carbocycles. The predicted octanol–water partition coefficient (Wildman–Crippen LogP) is 2.66. The number of rotatable bonds is 4. The van der Waals surface area contributed by atoms with Gasteiger partial charge >= 0.3 is 0 Å². The summed E-state index contributed by atoms with van der Waals surface area (Å²) < 4.78 is 5.59. The number of hydrogen-bond acceptors (Lipinski definition) is 5. The summed E-state index contributed by atoms with van der Waals surface area (Å²) in [5, 5.41) is 19.4. The lowest BCUT2D eigenvalue weighted by Crippen LogP contribution is -2.30. The highest BCUT2D eigenvalue weighted by Crippen LogP contribution is 2.45. The zero-order valence-electron chi connectivity index (χ0n) is 16.2. The van der Waals surface area contributed by atoms with E-state index in [0.29, 0.717) is 22.6 Å². The fraction of sp³-hybridized carbons (Fsp3) is 0.318. The van der Waals surface area contributed by atoms with Crippen molar-refractivity contribution < 1.29 is 19.7 Å². The van der Waals surface area contributed by atoms with Gasteiger partial charge in [-0.3, -0.25) is 4.79 Å². The Morgan fingerprint density at radius 2 is 2.00 bits per heavy atom. The molecule has 1 atom stereocenters. The van der Waals surface area contributed by atoms with Crippen molar-refractivity contribution in [3.63, 3.8) is 0 Å². The standard InChI is InChI=1S/C22H24N2O4/c1-11-17(23)7-6-15-18-20(27)14-5-4-13(28-10-12(26)9-25)8-16(14)22(2,3)21(18)24-19(11)15/h4-8,12,24-26H,9-10,23H2,1-3H3/t12-/m1/s1. The fourth-order valence-corrected chi connectivity index (χ4v) is 3.97. The molecule has 1 aromatic heterocycles. The van der Waals surface area contributed by atoms with E-state index in [1.165, 1.54) is 0 Å². The molecular formula is C22H24N2O4. The van der Waals surface area contributed by atoms with Crippen LogP contribution in [0.25, 0.3) is 10.9 Å². The maximum Gasteiger partial charge on any atom is 0.195 e. The number of aliphatic hydroxyl groups excluding tert-OH is 2. The van der Waals surface area contributed by atoms with E-state index < -0.39 is 11.5 Å². The molecule has 28 heavy (non-hydrogen) atoms. The average molecular weight is 380 g/mol. The number of hydrogen-bond donors (Lipinski definition) is 4. The Hall–Kier alpha value is -2.83. The van der Waals surface area contributed by atoms with Gasteiger partial charge in [-0.2, -0.15) is 0 Å². The van der Waals surface area contributed by atoms with Gasteiger partial charge in [0.15, 0.2) is 5.78 Å². The van der Waals surface area contributed by atoms with Crippen LogP contribution in [-0.2, 0) is 5.41 Å². The van der Waals surface area contributed by atoms with Gasteiger partial charge in [-0.1, -0.05) is 19.9 Å². The smallest absolute Gasteiger partial charge is 0.195 e. The van der Waals surface area contributed by atoms with Gasteiger partial charge in [-0.15, -0.1) is 0 Å². The molecule has 6 nitrogen and oxygen atoms in total. The zero-order valence-corrected chi connectivity index (χ0v) is 16.2. The van der Waals surface area contributed by atoms with Crippen molar-refractivity contribution in [2.75, 3.05) is 18.9 Å². The molecular weight excluding hydrogens is 356 g/mol. The number of carbonyl (C=O) groups is 1. The third kappa shape index (κ3) is 2.60. The third-order valence-electron chi connectivity index (χ3n) is 5.69. The van der Waals surface area contributed by atoms with E-state index in [1.54, 1.807) is 12.1 Å². The van der Waals surface area contributed by atoms with Crippen LogP contribution in [0.15, 0.2) is 30.3 Å². The molecule has 1 aliphatic carbocycles. The first kappa shape index (κ1) is 18.5. The lowest BCUT2D eigenvalue weighted by molar-refractivity contribution is 0.0535. The SMILES string of the molecule is Cc1c(N)ccc2c3c([nH]c12)C(C)(C)c1cc(OC[C@H](O)CO)ccc1C3=O. The summed E-state index contributed by atoms with van der Waals surface area (Å²) in [4.78, 5) is 16.8. The summed E-state index contributed by atoms with van der Waals surface area (Å²) >= 11 is 0. The van der Waals surface area contributed by atoms with Crippen molar-refractivity contribution in [3.8, 4) is 5.75 Å². The highest BCUT2D eigenvalue weighted by atomic mass is 16.5. The lowest BCUT2D eigenvalue weighted by atomic mass is 9.71. The largest absolute Gasteiger partial charge is 0.491 e. The van der Waals surface area contributed by atoms with Crippen molar-refractivity contribution in [1.82, 2.24) is 4.98 Å². The molecule has 2 aromatic carbocycles. The van der Waals surface area contributed by atoms with Gasteiger partial charge in [-0.05, 0) is 42.3 Å². The molecule has 0 radical (unpaired) electrons. The summed E-state index contributed by atoms with van der Waals surface area (Å²) in [6, 6.07) is 9.07. The van der Waals surface area contributed by atoms with Crippen molar-refractivity contribution >= 4 is 22.4 Å². The van der Waals surface area contributed by atoms with E-state index >= 15 is 0 Å². The van der Waals surface area contributed by atoms with Gasteiger partial charge in [0.2, 0.25) is 0 Å². The molecule has 0 fully saturated rings. The monoisotopic (exact) mass is 380 g/mol. The number of aromatic nitrogens is 1. The van der Waals surface area contributed by atoms with E-state index in [-0.39, 0.29) is 19.0 Å². The van der Waals surface area contributed by atoms with E-state index in [0.717, 1.165) is 27.7 Å². The number of nitrogen functional groups attached to an aromatic ring is 1. The number of benzene rings is 2. The molecule has 146 valence electrons. The van der Waals surface area contributed by atoms with E-state index in [4.69, 9.17) is 15.6 Å². The van der Waals surface area contributed by atoms with Crippen molar-refractivity contribution in [2.24, 2.45) is 0 Å². The number of nitrogens with one attached hydrogen (secondary N) is 1. The Morgan fingerprint density at radius 3 is 2.71 bits per heavy atom. The first-order chi connectivity index (χ1) is 13.3. The van der Waals surface area contributed by atoms with Crippen molar-refractivity contribution in [3.05, 3.63) is 58.3 Å². The van der Waals surface area contributed by atoms with Crippen LogP contribution in [0.2, 0.25) is 0 Å². The Bertz CT molecular complexity index is 1100. The molecule has 0 unspecified atom stereocenters. The Morgan fingerprint density at radius 1 is 1.25 bits per heavy atom. The fourth-order valence-electron chi connectivity index (χ4n) is 3.97. The Labute approximate surface area is 162 Å². The quantitative estimate of drug-likeness (QED) is 0.521. The average Bonchev–Trinajstić information content (AvgIpc) is 3.09. The van der Waals surface area contributed by atoms with Gasteiger partial charge in [0.05, 0.1) is 17.7 Å². The first-order valence-corrected chi connectivity index (χ1v) is 9.28. The zero-order chi connectivity index (χ0) is 20.2. The molecule has 0 aliphatic heterocycles. The third-order valence-corrected chi connectivity index (χ3v) is 5.69. The second-order valence-corrected chi connectivity index (χ2v) is 7.89. The summed E-state index contributed by atoms with van der Waals surface area (Å²) in [6.07, 6.45) is -0.945. The number of ketones is 1. The normalized spacial score (nSPS) is 16.0. The van der Waals surface area contributed by atoms with Crippen molar-refractivity contribution in [2.45, 2.75) is 32.3 Å². The van der Waals surface area contributed by atoms with Crippen LogP contribution in [-0.4, -0.2) is 40.3 Å². The van der Waals surface area contributed by atoms with Gasteiger partial charge in [-0.25, -0.2) is 0 Å². The Kier molecular flexibility index (Phi) is 4.21. The second kappa shape index (κ2) is 6.36. The molecule has 6 heteroatoms. The van der Waals surface area contributed by atoms with E-state index in [1.807, 2.05) is 25.1 Å². The van der Waals surface area contributed by atoms with Gasteiger partial charge in [0.1, 0.15) is 18.5 Å². The molecule has 1 heterocycles. The van der Waals surface area contributed by atoms with Gasteiger partial charge in [0, 0.05) is 27.7 Å². The number of ether oxygens (including phenoxy) is 1. The summed E-state index contributed by atoms with van der Waals surface area (Å²) in [5.41, 5.74) is 11.2. The topological polar surface area (TPSA) is 109 Å². The molecule has 3 aromatic rings. The number of H-pyrrole nitrogens is 1. The minimum Gasteiger partial charge on any atom is -0.491 e. The highest BCUT2D eigenvalue weighted by molar-refractivity contribution is 6.20. The number of fused-ring (bicyclic) bond motifs is 4. The van der Waals surface area contributed by atoms with Crippen LogP contribution < -0.4 is 10.5 Å². The van der Waals surface area contributed by atoms with Gasteiger partial charge < -0.3 is 25.7 Å². The molecule has 5 N–H and O–H groups in total.